The molecule has 2 fully saturated rings. The second-order valence-corrected chi connectivity index (χ2v) is 8.30. The van der Waals surface area contributed by atoms with Gasteiger partial charge in [-0.15, -0.1) is 0 Å². The molecular formula is C22H32N4O4. The van der Waals surface area contributed by atoms with Crippen LogP contribution in [0.3, 0.4) is 0 Å². The van der Waals surface area contributed by atoms with Gasteiger partial charge in [-0.05, 0) is 26.0 Å². The summed E-state index contributed by atoms with van der Waals surface area (Å²) in [6.45, 7) is 11.1. The van der Waals surface area contributed by atoms with Crippen molar-refractivity contribution in [1.29, 1.82) is 0 Å². The number of carbonyl (C=O) groups excluding carboxylic acids is 1. The molecule has 0 unspecified atom stereocenters. The molecule has 164 valence electrons. The number of morpholine rings is 1. The van der Waals surface area contributed by atoms with Crippen molar-refractivity contribution >= 4 is 17.3 Å². The minimum atomic E-state index is -0.0481. The predicted octanol–water partition coefficient (Wildman–Crippen LogP) is 1.60. The molecule has 0 saturated carbocycles. The Balaban J connectivity index is 1.25. The summed E-state index contributed by atoms with van der Waals surface area (Å²) in [5, 5.41) is 4.09. The van der Waals surface area contributed by atoms with Crippen molar-refractivity contribution in [2.75, 3.05) is 63.9 Å². The molecule has 0 spiro atoms. The molecule has 1 atom stereocenters. The summed E-state index contributed by atoms with van der Waals surface area (Å²) in [6, 6.07) is 8.25. The van der Waals surface area contributed by atoms with E-state index in [4.69, 9.17) is 14.3 Å². The van der Waals surface area contributed by atoms with Crippen molar-refractivity contribution < 1.29 is 19.1 Å². The Hall–Kier alpha value is -2.32. The Morgan fingerprint density at radius 2 is 1.87 bits per heavy atom. The maximum atomic E-state index is 12.6. The highest BCUT2D eigenvalue weighted by molar-refractivity contribution is 6.39. The Bertz CT molecular complexity index is 755. The lowest BCUT2D eigenvalue weighted by Gasteiger charge is -2.37. The lowest BCUT2D eigenvalue weighted by Crippen LogP contribution is -2.49. The van der Waals surface area contributed by atoms with Crippen molar-refractivity contribution in [1.82, 2.24) is 9.80 Å². The van der Waals surface area contributed by atoms with Gasteiger partial charge in [-0.3, -0.25) is 9.69 Å². The van der Waals surface area contributed by atoms with Gasteiger partial charge in [0.25, 0.3) is 5.91 Å². The first-order valence-corrected chi connectivity index (χ1v) is 10.9. The number of amides is 1. The van der Waals surface area contributed by atoms with E-state index in [0.29, 0.717) is 38.4 Å². The van der Waals surface area contributed by atoms with E-state index in [2.05, 4.69) is 40.9 Å². The molecule has 3 aliphatic rings. The number of carbonyl (C=O) groups is 1. The highest BCUT2D eigenvalue weighted by Crippen LogP contribution is 2.29. The number of ether oxygens (including phenoxy) is 2. The van der Waals surface area contributed by atoms with E-state index in [-0.39, 0.29) is 18.1 Å². The summed E-state index contributed by atoms with van der Waals surface area (Å²) in [7, 11) is 0. The fourth-order valence-electron chi connectivity index (χ4n) is 4.13. The molecule has 0 N–H and O–H groups in total. The first-order chi connectivity index (χ1) is 14.6. The lowest BCUT2D eigenvalue weighted by molar-refractivity contribution is -0.128. The average molecular weight is 417 g/mol. The zero-order valence-corrected chi connectivity index (χ0v) is 18.0. The Kier molecular flexibility index (Phi) is 6.74. The number of hydrogen-bond acceptors (Lipinski definition) is 7. The van der Waals surface area contributed by atoms with Crippen molar-refractivity contribution in [3.63, 3.8) is 0 Å². The summed E-state index contributed by atoms with van der Waals surface area (Å²) in [6.07, 6.45) is 0.691. The monoisotopic (exact) mass is 416 g/mol. The molecule has 0 aromatic heterocycles. The van der Waals surface area contributed by atoms with Gasteiger partial charge in [0.1, 0.15) is 17.6 Å². The lowest BCUT2D eigenvalue weighted by atomic mass is 10.1. The maximum absolute atomic E-state index is 12.6. The number of benzene rings is 1. The number of rotatable bonds is 6. The third-order valence-corrected chi connectivity index (χ3v) is 5.68. The molecule has 8 nitrogen and oxygen atoms in total. The van der Waals surface area contributed by atoms with Gasteiger partial charge in [-0.2, -0.15) is 0 Å². The van der Waals surface area contributed by atoms with Gasteiger partial charge >= 0.3 is 0 Å². The van der Waals surface area contributed by atoms with Crippen LogP contribution in [0.25, 0.3) is 0 Å². The molecule has 3 heterocycles. The molecule has 0 aliphatic carbocycles. The van der Waals surface area contributed by atoms with Gasteiger partial charge < -0.3 is 24.1 Å². The third-order valence-electron chi connectivity index (χ3n) is 5.68. The normalized spacial score (nSPS) is 22.8. The van der Waals surface area contributed by atoms with E-state index in [1.807, 2.05) is 17.0 Å². The molecule has 0 bridgehead atoms. The number of piperazine rings is 1. The minimum absolute atomic E-state index is 0.00706. The van der Waals surface area contributed by atoms with Crippen LogP contribution >= 0.6 is 0 Å². The largest absolute Gasteiger partial charge is 0.489 e. The van der Waals surface area contributed by atoms with Crippen molar-refractivity contribution in [3.05, 3.63) is 24.3 Å². The quantitative estimate of drug-likeness (QED) is 0.702. The molecular weight excluding hydrogens is 384 g/mol. The Labute approximate surface area is 178 Å². The minimum Gasteiger partial charge on any atom is -0.489 e. The topological polar surface area (TPSA) is 66.8 Å². The van der Waals surface area contributed by atoms with Crippen LogP contribution < -0.4 is 9.64 Å². The molecule has 2 saturated heterocycles. The Morgan fingerprint density at radius 1 is 1.13 bits per heavy atom. The average Bonchev–Trinajstić information content (AvgIpc) is 3.23. The van der Waals surface area contributed by atoms with Crippen LogP contribution in [0.4, 0.5) is 5.69 Å². The zero-order chi connectivity index (χ0) is 20.9. The second kappa shape index (κ2) is 9.66. The summed E-state index contributed by atoms with van der Waals surface area (Å²) in [4.78, 5) is 24.7. The van der Waals surface area contributed by atoms with E-state index in [0.717, 1.165) is 44.2 Å². The van der Waals surface area contributed by atoms with Crippen LogP contribution in [0, 0.1) is 0 Å². The van der Waals surface area contributed by atoms with Crippen molar-refractivity contribution in [3.8, 4) is 5.75 Å². The molecule has 4 rings (SSSR count). The van der Waals surface area contributed by atoms with Crippen molar-refractivity contribution in [2.24, 2.45) is 5.16 Å². The van der Waals surface area contributed by atoms with Gasteiger partial charge in [0.15, 0.2) is 0 Å². The number of para-hydroxylation sites is 2. The summed E-state index contributed by atoms with van der Waals surface area (Å²) >= 11 is 0. The van der Waals surface area contributed by atoms with Crippen LogP contribution in [0.15, 0.2) is 29.4 Å². The van der Waals surface area contributed by atoms with Crippen LogP contribution in [0.2, 0.25) is 0 Å². The highest BCUT2D eigenvalue weighted by atomic mass is 16.6. The molecule has 30 heavy (non-hydrogen) atoms. The molecule has 1 amide bonds. The van der Waals surface area contributed by atoms with E-state index >= 15 is 0 Å². The number of anilines is 1. The van der Waals surface area contributed by atoms with E-state index in [1.165, 1.54) is 0 Å². The van der Waals surface area contributed by atoms with Gasteiger partial charge in [-0.1, -0.05) is 17.3 Å². The summed E-state index contributed by atoms with van der Waals surface area (Å²) < 4.78 is 11.3. The number of nitrogens with zero attached hydrogens (tertiary/aromatic N) is 4. The molecule has 3 aliphatic heterocycles. The molecule has 1 aromatic carbocycles. The molecule has 1 aromatic rings. The van der Waals surface area contributed by atoms with Crippen LogP contribution in [-0.2, 0) is 14.4 Å². The van der Waals surface area contributed by atoms with E-state index < -0.39 is 0 Å². The van der Waals surface area contributed by atoms with Crippen LogP contribution in [-0.4, -0.2) is 92.7 Å². The second-order valence-electron chi connectivity index (χ2n) is 8.30. The highest BCUT2D eigenvalue weighted by Gasteiger charge is 2.32. The van der Waals surface area contributed by atoms with Gasteiger partial charge in [-0.25, -0.2) is 0 Å². The smallest absolute Gasteiger partial charge is 0.271 e. The fourth-order valence-corrected chi connectivity index (χ4v) is 4.13. The number of oxime groups is 1. The van der Waals surface area contributed by atoms with E-state index in [9.17, 15) is 4.79 Å². The fraction of sp³-hybridized carbons (Fsp3) is 0.636. The molecule has 8 heteroatoms. The van der Waals surface area contributed by atoms with Crippen molar-refractivity contribution in [2.45, 2.75) is 32.5 Å². The van der Waals surface area contributed by atoms with E-state index in [1.54, 1.807) is 0 Å². The van der Waals surface area contributed by atoms with Gasteiger partial charge in [0.2, 0.25) is 0 Å². The summed E-state index contributed by atoms with van der Waals surface area (Å²) in [5.74, 6) is 0.937. The molecule has 0 radical (unpaired) electrons. The van der Waals surface area contributed by atoms with Gasteiger partial charge in [0.05, 0.1) is 25.0 Å². The van der Waals surface area contributed by atoms with Crippen LogP contribution in [0.5, 0.6) is 5.75 Å². The maximum Gasteiger partial charge on any atom is 0.271 e. The standard InChI is InChI=1S/C22H32N4O4/c1-17(2)29-21-6-4-3-5-20(21)25-9-7-24(8-10-25)16-18-15-19(23-30-18)22(27)26-11-13-28-14-12-26/h3-6,17-18H,7-16H2,1-2H3/t18-/m1/s1. The first kappa shape index (κ1) is 20.9. The van der Waals surface area contributed by atoms with Gasteiger partial charge in [0, 0.05) is 52.2 Å². The van der Waals surface area contributed by atoms with Crippen LogP contribution in [0.1, 0.15) is 20.3 Å². The zero-order valence-electron chi connectivity index (χ0n) is 18.0. The predicted molar refractivity (Wildman–Crippen MR) is 115 cm³/mol. The SMILES string of the molecule is CC(C)Oc1ccccc1N1CCN(C[C@H]2CC(C(=O)N3CCOCC3)=NO2)CC1. The third kappa shape index (κ3) is 5.05. The Morgan fingerprint density at radius 3 is 2.60 bits per heavy atom. The first-order valence-electron chi connectivity index (χ1n) is 10.9. The summed E-state index contributed by atoms with van der Waals surface area (Å²) in [5.41, 5.74) is 1.70. The number of hydrogen-bond donors (Lipinski definition) is 0.